The molecule has 3 heteroatoms. The first-order valence-corrected chi connectivity index (χ1v) is 6.00. The second-order valence-corrected chi connectivity index (χ2v) is 4.20. The molecule has 0 saturated carbocycles. The molecule has 19 heavy (non-hydrogen) atoms. The summed E-state index contributed by atoms with van der Waals surface area (Å²) in [7, 11) is 0. The average Bonchev–Trinajstić information content (AvgIpc) is 2.48. The van der Waals surface area contributed by atoms with E-state index in [9.17, 15) is 5.11 Å². The third kappa shape index (κ3) is 2.45. The van der Waals surface area contributed by atoms with Crippen molar-refractivity contribution < 1.29 is 5.11 Å². The molecule has 0 aliphatic carbocycles. The van der Waals surface area contributed by atoms with E-state index in [4.69, 9.17) is 0 Å². The summed E-state index contributed by atoms with van der Waals surface area (Å²) in [6.45, 7) is 0. The van der Waals surface area contributed by atoms with Gasteiger partial charge in [-0.25, -0.2) is 0 Å². The molecule has 92 valence electrons. The number of nitrogens with zero attached hydrogens (tertiary/aromatic N) is 2. The fourth-order valence-electron chi connectivity index (χ4n) is 1.91. The van der Waals surface area contributed by atoms with Crippen molar-refractivity contribution in [1.29, 1.82) is 0 Å². The van der Waals surface area contributed by atoms with Gasteiger partial charge in [0.1, 0.15) is 5.75 Å². The van der Waals surface area contributed by atoms with E-state index in [1.165, 1.54) is 0 Å². The molecule has 0 unspecified atom stereocenters. The number of aromatic hydroxyl groups is 1. The van der Waals surface area contributed by atoms with Crippen LogP contribution in [0.4, 0.5) is 0 Å². The fraction of sp³-hybridized carbons (Fsp3) is 0. The Balaban J connectivity index is 1.95. The summed E-state index contributed by atoms with van der Waals surface area (Å²) in [5.74, 6) is 0.193. The third-order valence-electron chi connectivity index (χ3n) is 2.88. The van der Waals surface area contributed by atoms with Crippen molar-refractivity contribution in [2.75, 3.05) is 0 Å². The van der Waals surface area contributed by atoms with Crippen LogP contribution < -0.4 is 0 Å². The molecule has 2 aromatic heterocycles. The SMILES string of the molecule is Oc1ccnc(-c2ccc(-c3ccccc3)cn2)c1. The molecular weight excluding hydrogens is 236 g/mol. The molecule has 1 N–H and O–H groups in total. The first-order valence-electron chi connectivity index (χ1n) is 6.00. The van der Waals surface area contributed by atoms with Gasteiger partial charge in [0.2, 0.25) is 0 Å². The quantitative estimate of drug-likeness (QED) is 0.754. The monoisotopic (exact) mass is 248 g/mol. The van der Waals surface area contributed by atoms with Crippen LogP contribution in [0.2, 0.25) is 0 Å². The third-order valence-corrected chi connectivity index (χ3v) is 2.88. The molecule has 2 heterocycles. The normalized spacial score (nSPS) is 10.3. The smallest absolute Gasteiger partial charge is 0.119 e. The molecule has 0 fully saturated rings. The molecule has 0 saturated heterocycles. The highest BCUT2D eigenvalue weighted by atomic mass is 16.3. The van der Waals surface area contributed by atoms with Crippen LogP contribution in [0.3, 0.4) is 0 Å². The molecule has 3 nitrogen and oxygen atoms in total. The zero-order valence-corrected chi connectivity index (χ0v) is 10.2. The number of pyridine rings is 2. The minimum absolute atomic E-state index is 0.193. The van der Waals surface area contributed by atoms with Crippen LogP contribution in [0, 0.1) is 0 Å². The Morgan fingerprint density at radius 2 is 1.58 bits per heavy atom. The van der Waals surface area contributed by atoms with Crippen LogP contribution in [-0.4, -0.2) is 15.1 Å². The molecule has 3 rings (SSSR count). The lowest BCUT2D eigenvalue weighted by Crippen LogP contribution is -1.87. The number of hydrogen-bond acceptors (Lipinski definition) is 3. The maximum absolute atomic E-state index is 9.44. The summed E-state index contributed by atoms with van der Waals surface area (Å²) in [4.78, 5) is 8.58. The maximum atomic E-state index is 9.44. The Bertz CT molecular complexity index is 679. The molecule has 0 aliphatic heterocycles. The van der Waals surface area contributed by atoms with Gasteiger partial charge in [0, 0.05) is 24.0 Å². The Morgan fingerprint density at radius 3 is 2.26 bits per heavy atom. The van der Waals surface area contributed by atoms with Crippen LogP contribution in [0.15, 0.2) is 67.0 Å². The maximum Gasteiger partial charge on any atom is 0.119 e. The van der Waals surface area contributed by atoms with E-state index in [0.29, 0.717) is 5.69 Å². The van der Waals surface area contributed by atoms with Gasteiger partial charge in [0.15, 0.2) is 0 Å². The Hall–Kier alpha value is -2.68. The van der Waals surface area contributed by atoms with Gasteiger partial charge in [-0.1, -0.05) is 36.4 Å². The highest BCUT2D eigenvalue weighted by Gasteiger charge is 2.03. The van der Waals surface area contributed by atoms with Crippen molar-refractivity contribution in [2.24, 2.45) is 0 Å². The second kappa shape index (κ2) is 4.90. The molecule has 0 amide bonds. The topological polar surface area (TPSA) is 46.0 Å². The lowest BCUT2D eigenvalue weighted by molar-refractivity contribution is 0.475. The zero-order valence-electron chi connectivity index (χ0n) is 10.2. The molecule has 0 atom stereocenters. The van der Waals surface area contributed by atoms with Gasteiger partial charge in [-0.3, -0.25) is 9.97 Å². The summed E-state index contributed by atoms with van der Waals surface area (Å²) in [6, 6.07) is 17.1. The largest absolute Gasteiger partial charge is 0.508 e. The van der Waals surface area contributed by atoms with E-state index in [-0.39, 0.29) is 5.75 Å². The van der Waals surface area contributed by atoms with E-state index in [1.807, 2.05) is 48.7 Å². The van der Waals surface area contributed by atoms with Crippen molar-refractivity contribution in [3.05, 3.63) is 67.0 Å². The summed E-state index contributed by atoms with van der Waals surface area (Å²) >= 11 is 0. The Kier molecular flexibility index (Phi) is 2.94. The van der Waals surface area contributed by atoms with Crippen LogP contribution in [0.25, 0.3) is 22.5 Å². The van der Waals surface area contributed by atoms with Gasteiger partial charge in [-0.05, 0) is 17.7 Å². The summed E-state index contributed by atoms with van der Waals surface area (Å²) < 4.78 is 0. The molecule has 0 spiro atoms. The molecule has 0 aliphatic rings. The van der Waals surface area contributed by atoms with Gasteiger partial charge in [0.25, 0.3) is 0 Å². The van der Waals surface area contributed by atoms with Gasteiger partial charge < -0.3 is 5.11 Å². The van der Waals surface area contributed by atoms with Gasteiger partial charge in [-0.2, -0.15) is 0 Å². The summed E-state index contributed by atoms with van der Waals surface area (Å²) in [5, 5.41) is 9.44. The van der Waals surface area contributed by atoms with Crippen molar-refractivity contribution in [3.8, 4) is 28.3 Å². The standard InChI is InChI=1S/C16H12N2O/c19-14-8-9-17-16(10-14)15-7-6-13(11-18-15)12-4-2-1-3-5-12/h1-11H,(H,17,19). The van der Waals surface area contributed by atoms with E-state index in [0.717, 1.165) is 16.8 Å². The van der Waals surface area contributed by atoms with Crippen molar-refractivity contribution in [1.82, 2.24) is 9.97 Å². The minimum Gasteiger partial charge on any atom is -0.508 e. The summed E-state index contributed by atoms with van der Waals surface area (Å²) in [6.07, 6.45) is 3.38. The first-order chi connectivity index (χ1) is 9.33. The second-order valence-electron chi connectivity index (χ2n) is 4.20. The summed E-state index contributed by atoms with van der Waals surface area (Å²) in [5.41, 5.74) is 3.60. The van der Waals surface area contributed by atoms with E-state index >= 15 is 0 Å². The Labute approximate surface area is 111 Å². The lowest BCUT2D eigenvalue weighted by Gasteiger charge is -2.03. The first kappa shape index (κ1) is 11.4. The molecule has 1 aromatic carbocycles. The zero-order chi connectivity index (χ0) is 13.1. The number of aromatic nitrogens is 2. The lowest BCUT2D eigenvalue weighted by atomic mass is 10.1. The predicted molar refractivity (Wildman–Crippen MR) is 74.6 cm³/mol. The Morgan fingerprint density at radius 1 is 0.737 bits per heavy atom. The number of hydrogen-bond donors (Lipinski definition) is 1. The molecular formula is C16H12N2O. The molecule has 0 bridgehead atoms. The van der Waals surface area contributed by atoms with Crippen LogP contribution in [0.1, 0.15) is 0 Å². The van der Waals surface area contributed by atoms with E-state index in [1.54, 1.807) is 18.3 Å². The van der Waals surface area contributed by atoms with Gasteiger partial charge >= 0.3 is 0 Å². The number of rotatable bonds is 2. The van der Waals surface area contributed by atoms with Crippen LogP contribution >= 0.6 is 0 Å². The van der Waals surface area contributed by atoms with Crippen molar-refractivity contribution in [3.63, 3.8) is 0 Å². The predicted octanol–water partition coefficient (Wildman–Crippen LogP) is 3.52. The van der Waals surface area contributed by atoms with E-state index < -0.39 is 0 Å². The fourth-order valence-corrected chi connectivity index (χ4v) is 1.91. The van der Waals surface area contributed by atoms with Crippen molar-refractivity contribution >= 4 is 0 Å². The van der Waals surface area contributed by atoms with E-state index in [2.05, 4.69) is 9.97 Å². The highest BCUT2D eigenvalue weighted by Crippen LogP contribution is 2.22. The van der Waals surface area contributed by atoms with Gasteiger partial charge in [-0.15, -0.1) is 0 Å². The van der Waals surface area contributed by atoms with Crippen LogP contribution in [0.5, 0.6) is 5.75 Å². The van der Waals surface area contributed by atoms with Gasteiger partial charge in [0.05, 0.1) is 11.4 Å². The minimum atomic E-state index is 0.193. The number of benzene rings is 1. The molecule has 0 radical (unpaired) electrons. The van der Waals surface area contributed by atoms with Crippen LogP contribution in [-0.2, 0) is 0 Å². The average molecular weight is 248 g/mol. The van der Waals surface area contributed by atoms with Crippen molar-refractivity contribution in [2.45, 2.75) is 0 Å². The molecule has 3 aromatic rings. The highest BCUT2D eigenvalue weighted by molar-refractivity contribution is 5.65.